The molecule has 0 N–H and O–H groups in total. The summed E-state index contributed by atoms with van der Waals surface area (Å²) in [5, 5.41) is 9.88. The van der Waals surface area contributed by atoms with E-state index < -0.39 is 5.22 Å². The first-order chi connectivity index (χ1) is 3.80. The molecule has 0 aromatic heterocycles. The lowest BCUT2D eigenvalue weighted by Crippen LogP contribution is -1.96. The average Bonchev–Trinajstić information content (AvgIpc) is 2.12. The summed E-state index contributed by atoms with van der Waals surface area (Å²) >= 11 is 5.11. The van der Waals surface area contributed by atoms with Crippen LogP contribution in [0.15, 0.2) is 35.1 Å². The van der Waals surface area contributed by atoms with E-state index in [1.54, 1.807) is 24.3 Å². The highest BCUT2D eigenvalue weighted by molar-refractivity contribution is 6.28. The second kappa shape index (κ2) is 2.05. The Morgan fingerprint density at radius 3 is 2.12 bits per heavy atom. The van der Waals surface area contributed by atoms with Gasteiger partial charge in [-0.3, -0.25) is 0 Å². The molecule has 0 radical (unpaired) electrons. The van der Waals surface area contributed by atoms with Crippen LogP contribution in [0.25, 0.3) is 0 Å². The first-order valence-corrected chi connectivity index (χ1v) is 2.60. The van der Waals surface area contributed by atoms with Crippen molar-refractivity contribution in [2.75, 3.05) is 0 Å². The van der Waals surface area contributed by atoms with Crippen LogP contribution in [-0.2, 0) is 0 Å². The molecule has 0 aliphatic heterocycles. The molecule has 0 atom stereocenters. The van der Waals surface area contributed by atoms with Gasteiger partial charge in [-0.25, -0.2) is 0 Å². The highest BCUT2D eigenvalue weighted by atomic mass is 35.5. The zero-order valence-electron chi connectivity index (χ0n) is 4.10. The highest BCUT2D eigenvalue weighted by Gasteiger charge is 1.88. The van der Waals surface area contributed by atoms with Crippen LogP contribution in [0, 0.1) is 0 Å². The number of rotatable bonds is 0. The van der Waals surface area contributed by atoms with Crippen molar-refractivity contribution in [3.05, 3.63) is 35.1 Å². The first kappa shape index (κ1) is 5.45. The van der Waals surface area contributed by atoms with Crippen molar-refractivity contribution in [2.24, 2.45) is 0 Å². The molecule has 0 spiro atoms. The van der Waals surface area contributed by atoms with Gasteiger partial charge in [-0.05, 0) is 10.8 Å². The van der Waals surface area contributed by atoms with Crippen LogP contribution in [-0.4, -0.2) is 0 Å². The summed E-state index contributed by atoms with van der Waals surface area (Å²) in [5.41, 5.74) is 0.562. The summed E-state index contributed by atoms with van der Waals surface area (Å²) in [6.45, 7) is 0. The number of halogens is 1. The Labute approximate surface area is 52.6 Å². The van der Waals surface area contributed by atoms with Gasteiger partial charge in [-0.15, -0.1) is 11.6 Å². The molecule has 8 heavy (non-hydrogen) atoms. The predicted octanol–water partition coefficient (Wildman–Crippen LogP) is 0.923. The third-order valence-corrected chi connectivity index (χ3v) is 1.11. The van der Waals surface area contributed by atoms with E-state index in [2.05, 4.69) is 0 Å². The summed E-state index contributed by atoms with van der Waals surface area (Å²) in [6.07, 6.45) is 6.90. The van der Waals surface area contributed by atoms with E-state index >= 15 is 0 Å². The second-order valence-electron chi connectivity index (χ2n) is 1.45. The van der Waals surface area contributed by atoms with Crippen molar-refractivity contribution in [1.29, 1.82) is 0 Å². The summed E-state index contributed by atoms with van der Waals surface area (Å²) in [6, 6.07) is 0. The number of allylic oxidation sites excluding steroid dienone is 5. The maximum atomic E-state index is 10.3. The SMILES string of the molecule is [O-]C(Cl)=C1C=CC=C1. The molecule has 0 bridgehead atoms. The molecule has 1 rings (SSSR count). The molecule has 0 unspecified atom stereocenters. The van der Waals surface area contributed by atoms with E-state index in [0.717, 1.165) is 0 Å². The lowest BCUT2D eigenvalue weighted by Gasteiger charge is -2.01. The Bertz CT molecular complexity index is 159. The molecule has 0 aromatic rings. The van der Waals surface area contributed by atoms with Gasteiger partial charge in [0.15, 0.2) is 0 Å². The molecule has 0 saturated carbocycles. The molecule has 0 aromatic carbocycles. The van der Waals surface area contributed by atoms with Crippen molar-refractivity contribution in [1.82, 2.24) is 0 Å². The van der Waals surface area contributed by atoms with Crippen molar-refractivity contribution < 1.29 is 5.11 Å². The number of hydrogen-bond donors (Lipinski definition) is 0. The topological polar surface area (TPSA) is 23.1 Å². The Hall–Kier alpha value is -0.690. The third kappa shape index (κ3) is 0.928. The molecule has 2 heteroatoms. The summed E-state index contributed by atoms with van der Waals surface area (Å²) in [4.78, 5) is 0. The molecule has 0 heterocycles. The Kier molecular flexibility index (Phi) is 1.40. The van der Waals surface area contributed by atoms with E-state index in [1.807, 2.05) is 0 Å². The van der Waals surface area contributed by atoms with Crippen molar-refractivity contribution >= 4 is 11.6 Å². The fourth-order valence-electron chi connectivity index (χ4n) is 0.505. The third-order valence-electron chi connectivity index (χ3n) is 0.890. The summed E-state index contributed by atoms with van der Waals surface area (Å²) < 4.78 is 0. The minimum atomic E-state index is -0.394. The highest BCUT2D eigenvalue weighted by Crippen LogP contribution is 2.11. The van der Waals surface area contributed by atoms with Crippen LogP contribution in [0.4, 0.5) is 0 Å². The van der Waals surface area contributed by atoms with Gasteiger partial charge < -0.3 is 5.11 Å². The second-order valence-corrected chi connectivity index (χ2v) is 1.79. The molecule has 0 amide bonds. The van der Waals surface area contributed by atoms with E-state index in [-0.39, 0.29) is 0 Å². The molecule has 0 fully saturated rings. The minimum absolute atomic E-state index is 0.394. The van der Waals surface area contributed by atoms with Crippen LogP contribution < -0.4 is 5.11 Å². The Balaban J connectivity index is 2.90. The molecule has 0 saturated heterocycles. The van der Waals surface area contributed by atoms with E-state index in [0.29, 0.717) is 5.57 Å². The number of hydrogen-bond acceptors (Lipinski definition) is 1. The van der Waals surface area contributed by atoms with Crippen molar-refractivity contribution in [3.63, 3.8) is 0 Å². The maximum absolute atomic E-state index is 10.3. The van der Waals surface area contributed by atoms with Gasteiger partial charge in [-0.1, -0.05) is 24.3 Å². The fraction of sp³-hybridized carbons (Fsp3) is 0. The lowest BCUT2D eigenvalue weighted by molar-refractivity contribution is -0.287. The van der Waals surface area contributed by atoms with Crippen LogP contribution >= 0.6 is 11.6 Å². The van der Waals surface area contributed by atoms with Gasteiger partial charge in [0.25, 0.3) is 0 Å². The van der Waals surface area contributed by atoms with Gasteiger partial charge in [-0.2, -0.15) is 0 Å². The Morgan fingerprint density at radius 2 is 1.88 bits per heavy atom. The standard InChI is InChI=1S/C6H5ClO/c7-6(8)5-3-1-2-4-5/h1-4,8H/p-1. The summed E-state index contributed by atoms with van der Waals surface area (Å²) in [5.74, 6) is 0. The average molecular weight is 128 g/mol. The summed E-state index contributed by atoms with van der Waals surface area (Å²) in [7, 11) is 0. The van der Waals surface area contributed by atoms with Crippen molar-refractivity contribution in [2.45, 2.75) is 0 Å². The normalized spacial score (nSPS) is 15.4. The largest absolute Gasteiger partial charge is 0.864 e. The quantitative estimate of drug-likeness (QED) is 0.444. The van der Waals surface area contributed by atoms with E-state index in [1.165, 1.54) is 0 Å². The van der Waals surface area contributed by atoms with Crippen molar-refractivity contribution in [3.8, 4) is 0 Å². The molecule has 42 valence electrons. The van der Waals surface area contributed by atoms with E-state index in [9.17, 15) is 5.11 Å². The Morgan fingerprint density at radius 1 is 1.38 bits per heavy atom. The zero-order chi connectivity index (χ0) is 5.98. The van der Waals surface area contributed by atoms with Gasteiger partial charge >= 0.3 is 0 Å². The van der Waals surface area contributed by atoms with Gasteiger partial charge in [0, 0.05) is 0 Å². The van der Waals surface area contributed by atoms with Gasteiger partial charge in [0.1, 0.15) is 0 Å². The van der Waals surface area contributed by atoms with Gasteiger partial charge in [0.2, 0.25) is 0 Å². The zero-order valence-corrected chi connectivity index (χ0v) is 4.85. The predicted molar refractivity (Wildman–Crippen MR) is 31.2 cm³/mol. The minimum Gasteiger partial charge on any atom is -0.864 e. The monoisotopic (exact) mass is 127 g/mol. The molecular formula is C6H4ClO-. The van der Waals surface area contributed by atoms with Crippen LogP contribution in [0.5, 0.6) is 0 Å². The molecule has 1 nitrogen and oxygen atoms in total. The smallest absolute Gasteiger partial charge is 0.0220 e. The van der Waals surface area contributed by atoms with Gasteiger partial charge in [0.05, 0.1) is 0 Å². The van der Waals surface area contributed by atoms with Crippen LogP contribution in [0.2, 0.25) is 0 Å². The maximum Gasteiger partial charge on any atom is -0.0220 e. The molecule has 1 aliphatic carbocycles. The van der Waals surface area contributed by atoms with E-state index in [4.69, 9.17) is 11.6 Å². The lowest BCUT2D eigenvalue weighted by atomic mass is 10.3. The first-order valence-electron chi connectivity index (χ1n) is 2.22. The van der Waals surface area contributed by atoms with Crippen LogP contribution in [0.3, 0.4) is 0 Å². The van der Waals surface area contributed by atoms with Crippen LogP contribution in [0.1, 0.15) is 0 Å². The molecule has 1 aliphatic rings. The fourth-order valence-corrected chi connectivity index (χ4v) is 0.631. The molecular weight excluding hydrogens is 124 g/mol.